The van der Waals surface area contributed by atoms with Crippen molar-refractivity contribution in [3.63, 3.8) is 0 Å². The van der Waals surface area contributed by atoms with Gasteiger partial charge >= 0.3 is 0 Å². The molecule has 2 heterocycles. The summed E-state index contributed by atoms with van der Waals surface area (Å²) in [4.78, 5) is 26.9. The minimum absolute atomic E-state index is 0.0222. The summed E-state index contributed by atoms with van der Waals surface area (Å²) in [6.45, 7) is 11.6. The Morgan fingerprint density at radius 2 is 2.00 bits per heavy atom. The summed E-state index contributed by atoms with van der Waals surface area (Å²) in [6, 6.07) is -0.453. The zero-order chi connectivity index (χ0) is 15.1. The molecule has 0 aromatic heterocycles. The van der Waals surface area contributed by atoms with Gasteiger partial charge in [-0.3, -0.25) is 9.59 Å². The average molecular weight is 282 g/mol. The molecule has 0 saturated carbocycles. The fourth-order valence-electron chi connectivity index (χ4n) is 2.81. The van der Waals surface area contributed by atoms with Crippen LogP contribution in [0.1, 0.15) is 41.0 Å². The van der Waals surface area contributed by atoms with Crippen LogP contribution in [0.2, 0.25) is 0 Å². The van der Waals surface area contributed by atoms with E-state index in [1.165, 1.54) is 0 Å². The number of carbonyl (C=O) groups is 2. The average Bonchev–Trinajstić information content (AvgIpc) is 2.81. The number of piperazine rings is 1. The minimum Gasteiger partial charge on any atom is -0.381 e. The second-order valence-corrected chi connectivity index (χ2v) is 7.51. The highest BCUT2D eigenvalue weighted by molar-refractivity contribution is 5.99. The van der Waals surface area contributed by atoms with Gasteiger partial charge in [-0.25, -0.2) is 0 Å². The van der Waals surface area contributed by atoms with E-state index in [0.717, 1.165) is 13.0 Å². The standard InChI is InChI=1S/C15H26N2O3/c1-14(2,3)11-12(18)17(8-10-6-7-20-9-10)15(4,5)13(19)16-11/h10-11H,6-9H2,1-5H3,(H,16,19). The van der Waals surface area contributed by atoms with Crippen molar-refractivity contribution in [2.24, 2.45) is 11.3 Å². The highest BCUT2D eigenvalue weighted by Gasteiger charge is 2.50. The summed E-state index contributed by atoms with van der Waals surface area (Å²) in [5, 5.41) is 2.89. The van der Waals surface area contributed by atoms with E-state index in [1.807, 2.05) is 34.6 Å². The lowest BCUT2D eigenvalue weighted by Gasteiger charge is -2.48. The third kappa shape index (κ3) is 2.68. The lowest BCUT2D eigenvalue weighted by Crippen LogP contribution is -2.71. The van der Waals surface area contributed by atoms with Crippen molar-refractivity contribution in [2.45, 2.75) is 52.6 Å². The van der Waals surface area contributed by atoms with Crippen molar-refractivity contribution in [2.75, 3.05) is 19.8 Å². The fourth-order valence-corrected chi connectivity index (χ4v) is 2.81. The molecule has 2 amide bonds. The minimum atomic E-state index is -0.790. The SMILES string of the molecule is CC(C)(C)C1NC(=O)C(C)(C)N(CC2CCOC2)C1=O. The molecule has 1 N–H and O–H groups in total. The summed E-state index contributed by atoms with van der Waals surface area (Å²) < 4.78 is 5.38. The first kappa shape index (κ1) is 15.3. The van der Waals surface area contributed by atoms with Gasteiger partial charge in [0.05, 0.1) is 6.61 Å². The van der Waals surface area contributed by atoms with E-state index in [4.69, 9.17) is 4.74 Å². The van der Waals surface area contributed by atoms with E-state index in [-0.39, 0.29) is 17.2 Å². The Labute approximate surface area is 121 Å². The molecule has 2 fully saturated rings. The number of nitrogens with zero attached hydrogens (tertiary/aromatic N) is 1. The van der Waals surface area contributed by atoms with Crippen molar-refractivity contribution in [1.82, 2.24) is 10.2 Å². The molecule has 2 atom stereocenters. The number of hydrogen-bond donors (Lipinski definition) is 1. The van der Waals surface area contributed by atoms with E-state index in [9.17, 15) is 9.59 Å². The van der Waals surface area contributed by atoms with Gasteiger partial charge in [-0.15, -0.1) is 0 Å². The summed E-state index contributed by atoms with van der Waals surface area (Å²) in [7, 11) is 0. The van der Waals surface area contributed by atoms with Crippen LogP contribution in [-0.2, 0) is 14.3 Å². The Bertz CT molecular complexity index is 406. The highest BCUT2D eigenvalue weighted by Crippen LogP contribution is 2.30. The first-order chi connectivity index (χ1) is 9.14. The van der Waals surface area contributed by atoms with E-state index in [1.54, 1.807) is 4.90 Å². The van der Waals surface area contributed by atoms with Crippen LogP contribution < -0.4 is 5.32 Å². The highest BCUT2D eigenvalue weighted by atomic mass is 16.5. The van der Waals surface area contributed by atoms with Crippen LogP contribution in [0, 0.1) is 11.3 Å². The van der Waals surface area contributed by atoms with Crippen molar-refractivity contribution in [3.8, 4) is 0 Å². The molecule has 0 aromatic rings. The van der Waals surface area contributed by atoms with E-state index in [2.05, 4.69) is 5.32 Å². The quantitative estimate of drug-likeness (QED) is 0.827. The van der Waals surface area contributed by atoms with Gasteiger partial charge in [0.1, 0.15) is 11.6 Å². The Hall–Kier alpha value is -1.10. The van der Waals surface area contributed by atoms with Crippen LogP contribution in [0.4, 0.5) is 0 Å². The molecule has 2 saturated heterocycles. The summed E-state index contributed by atoms with van der Waals surface area (Å²) >= 11 is 0. The van der Waals surface area contributed by atoms with Gasteiger partial charge in [-0.05, 0) is 25.7 Å². The molecular formula is C15H26N2O3. The number of nitrogens with one attached hydrogen (secondary N) is 1. The van der Waals surface area contributed by atoms with Crippen LogP contribution in [0.15, 0.2) is 0 Å². The summed E-state index contributed by atoms with van der Waals surface area (Å²) in [5.41, 5.74) is -1.07. The molecule has 114 valence electrons. The number of carbonyl (C=O) groups excluding carboxylic acids is 2. The van der Waals surface area contributed by atoms with Crippen molar-refractivity contribution in [1.29, 1.82) is 0 Å². The molecule has 0 aliphatic carbocycles. The smallest absolute Gasteiger partial charge is 0.246 e. The third-order valence-electron chi connectivity index (χ3n) is 4.35. The van der Waals surface area contributed by atoms with Crippen LogP contribution in [0.5, 0.6) is 0 Å². The number of hydrogen-bond acceptors (Lipinski definition) is 3. The zero-order valence-electron chi connectivity index (χ0n) is 13.2. The van der Waals surface area contributed by atoms with Gasteiger partial charge < -0.3 is 15.0 Å². The van der Waals surface area contributed by atoms with Crippen LogP contribution in [0.3, 0.4) is 0 Å². The summed E-state index contributed by atoms with van der Waals surface area (Å²) in [5.74, 6) is 0.287. The largest absolute Gasteiger partial charge is 0.381 e. The number of ether oxygens (including phenoxy) is 1. The second-order valence-electron chi connectivity index (χ2n) is 7.51. The molecule has 2 unspecified atom stereocenters. The first-order valence-electron chi connectivity index (χ1n) is 7.34. The maximum atomic E-state index is 12.8. The van der Waals surface area contributed by atoms with E-state index < -0.39 is 11.6 Å². The molecule has 0 spiro atoms. The number of amides is 2. The van der Waals surface area contributed by atoms with Gasteiger partial charge in [-0.2, -0.15) is 0 Å². The monoisotopic (exact) mass is 282 g/mol. The van der Waals surface area contributed by atoms with E-state index >= 15 is 0 Å². The molecule has 0 aromatic carbocycles. The van der Waals surface area contributed by atoms with Crippen molar-refractivity contribution >= 4 is 11.8 Å². The van der Waals surface area contributed by atoms with Gasteiger partial charge in [-0.1, -0.05) is 20.8 Å². The number of rotatable bonds is 2. The van der Waals surface area contributed by atoms with Gasteiger partial charge in [0, 0.05) is 19.1 Å². The first-order valence-corrected chi connectivity index (χ1v) is 7.34. The molecule has 2 aliphatic rings. The Morgan fingerprint density at radius 1 is 1.35 bits per heavy atom. The molecule has 5 heteroatoms. The van der Waals surface area contributed by atoms with Crippen molar-refractivity contribution < 1.29 is 14.3 Å². The Kier molecular flexibility index (Phi) is 3.84. The van der Waals surface area contributed by atoms with Crippen LogP contribution >= 0.6 is 0 Å². The Morgan fingerprint density at radius 3 is 2.50 bits per heavy atom. The van der Waals surface area contributed by atoms with Crippen LogP contribution in [0.25, 0.3) is 0 Å². The maximum absolute atomic E-state index is 12.8. The fraction of sp³-hybridized carbons (Fsp3) is 0.867. The van der Waals surface area contributed by atoms with Gasteiger partial charge in [0.25, 0.3) is 0 Å². The maximum Gasteiger partial charge on any atom is 0.246 e. The van der Waals surface area contributed by atoms with Gasteiger partial charge in [0.2, 0.25) is 11.8 Å². The summed E-state index contributed by atoms with van der Waals surface area (Å²) in [6.07, 6.45) is 0.960. The second kappa shape index (κ2) is 5.02. The normalized spacial score (nSPS) is 30.6. The predicted octanol–water partition coefficient (Wildman–Crippen LogP) is 1.17. The van der Waals surface area contributed by atoms with Crippen molar-refractivity contribution in [3.05, 3.63) is 0 Å². The van der Waals surface area contributed by atoms with Gasteiger partial charge in [0.15, 0.2) is 0 Å². The lowest BCUT2D eigenvalue weighted by molar-refractivity contribution is -0.159. The molecule has 2 rings (SSSR count). The molecule has 5 nitrogen and oxygen atoms in total. The third-order valence-corrected chi connectivity index (χ3v) is 4.35. The molecule has 2 aliphatic heterocycles. The molecule has 0 radical (unpaired) electrons. The Balaban J connectivity index is 2.23. The molecule has 20 heavy (non-hydrogen) atoms. The topological polar surface area (TPSA) is 58.6 Å². The zero-order valence-corrected chi connectivity index (χ0v) is 13.2. The van der Waals surface area contributed by atoms with Crippen LogP contribution in [-0.4, -0.2) is 48.1 Å². The molecule has 0 bridgehead atoms. The predicted molar refractivity (Wildman–Crippen MR) is 76.1 cm³/mol. The molecular weight excluding hydrogens is 256 g/mol. The van der Waals surface area contributed by atoms with E-state index in [0.29, 0.717) is 19.1 Å². The lowest BCUT2D eigenvalue weighted by atomic mass is 9.81.